The Balaban J connectivity index is 0. The quantitative estimate of drug-likeness (QED) is 0.332. The Hall–Kier alpha value is 1.45. The molecule has 0 aromatic heterocycles. The van der Waals surface area contributed by atoms with Gasteiger partial charge < -0.3 is 21.6 Å². The first kappa shape index (κ1) is 18.8. The third-order valence-electron chi connectivity index (χ3n) is 1.87. The zero-order valence-corrected chi connectivity index (χ0v) is 14.9. The molecule has 1 saturated carbocycles. The zero-order chi connectivity index (χ0) is 12.3. The molecular weight excluding hydrogens is 581 g/mol. The number of rotatable bonds is 0. The monoisotopic (exact) mass is 592 g/mol. The van der Waals surface area contributed by atoms with Crippen LogP contribution < -0.4 is 11.5 Å². The molecular formula is C6H14Br3N3O2Pt-. The van der Waals surface area contributed by atoms with E-state index in [0.717, 1.165) is 18.2 Å². The molecule has 0 aromatic carbocycles. The van der Waals surface area contributed by atoms with Crippen LogP contribution in [0.2, 0.25) is 0 Å². The van der Waals surface area contributed by atoms with Gasteiger partial charge in [-0.15, -0.1) is 5.34 Å². The van der Waals surface area contributed by atoms with Gasteiger partial charge in [0, 0.05) is 12.1 Å². The van der Waals surface area contributed by atoms with Crippen molar-refractivity contribution in [3.8, 4) is 0 Å². The van der Waals surface area contributed by atoms with Crippen molar-refractivity contribution in [1.82, 2.24) is 0 Å². The Kier molecular flexibility index (Phi) is 16.9. The third kappa shape index (κ3) is 18.0. The molecule has 0 spiro atoms. The number of halogens is 3. The molecule has 15 heavy (non-hydrogen) atoms. The van der Waals surface area contributed by atoms with E-state index in [0.29, 0.717) is 0 Å². The molecule has 1 aliphatic carbocycles. The van der Waals surface area contributed by atoms with Crippen molar-refractivity contribution in [2.45, 2.75) is 37.8 Å². The molecule has 5 nitrogen and oxygen atoms in total. The van der Waals surface area contributed by atoms with Gasteiger partial charge in [0.2, 0.25) is 0 Å². The average molecular weight is 595 g/mol. The summed E-state index contributed by atoms with van der Waals surface area (Å²) < 4.78 is 0. The van der Waals surface area contributed by atoms with E-state index in [-0.39, 0.29) is 12.1 Å². The first-order valence-electron chi connectivity index (χ1n) is 4.04. The minimum atomic E-state index is -0.831. The summed E-state index contributed by atoms with van der Waals surface area (Å²) in [7, 11) is 0. The molecule has 4 N–H and O–H groups in total. The summed E-state index contributed by atoms with van der Waals surface area (Å²) in [6.45, 7) is 0. The molecule has 0 radical (unpaired) electrons. The summed E-state index contributed by atoms with van der Waals surface area (Å²) in [5.41, 5.74) is 11.3. The van der Waals surface area contributed by atoms with Gasteiger partial charge >= 0.3 is 51.0 Å². The first-order chi connectivity index (χ1) is 6.95. The fraction of sp³-hybridized carbons (Fsp3) is 1.00. The summed E-state index contributed by atoms with van der Waals surface area (Å²) in [4.78, 5) is 8.00. The van der Waals surface area contributed by atoms with Crippen molar-refractivity contribution in [2.24, 2.45) is 16.8 Å². The predicted molar refractivity (Wildman–Crippen MR) is 70.4 cm³/mol. The van der Waals surface area contributed by atoms with Crippen molar-refractivity contribution in [2.75, 3.05) is 0 Å². The Morgan fingerprint density at radius 1 is 1.13 bits per heavy atom. The first-order valence-corrected chi connectivity index (χ1v) is 18.9. The van der Waals surface area contributed by atoms with E-state index in [1.54, 1.807) is 0 Å². The van der Waals surface area contributed by atoms with E-state index in [1.165, 1.54) is 12.8 Å². The Labute approximate surface area is 115 Å². The van der Waals surface area contributed by atoms with Gasteiger partial charge in [-0.25, -0.2) is 0 Å². The van der Waals surface area contributed by atoms with Crippen LogP contribution >= 0.6 is 39.9 Å². The average Bonchev–Trinajstić information content (AvgIpc) is 2.10. The Bertz CT molecular complexity index is 143. The van der Waals surface area contributed by atoms with Gasteiger partial charge in [-0.05, 0) is 12.8 Å². The van der Waals surface area contributed by atoms with Crippen molar-refractivity contribution in [3.63, 3.8) is 0 Å². The fourth-order valence-corrected chi connectivity index (χ4v) is 1.19. The van der Waals surface area contributed by atoms with Gasteiger partial charge in [-0.1, -0.05) is 12.8 Å². The molecule has 2 atom stereocenters. The van der Waals surface area contributed by atoms with Crippen molar-refractivity contribution < 1.29 is 11.1 Å². The van der Waals surface area contributed by atoms with E-state index in [1.807, 2.05) is 0 Å². The molecule has 0 amide bonds. The Morgan fingerprint density at radius 2 is 1.33 bits per heavy atom. The molecule has 0 aromatic rings. The molecule has 0 saturated heterocycles. The van der Waals surface area contributed by atoms with Crippen LogP contribution in [0.3, 0.4) is 0 Å². The molecule has 1 aliphatic rings. The van der Waals surface area contributed by atoms with Crippen LogP contribution in [0, 0.1) is 10.1 Å². The summed E-state index contributed by atoms with van der Waals surface area (Å²) in [5.74, 6) is 0. The van der Waals surface area contributed by atoms with Gasteiger partial charge in [-0.3, -0.25) is 0 Å². The molecule has 1 rings (SSSR count). The number of nitrogens with two attached hydrogens (primary N) is 2. The fourth-order valence-electron chi connectivity index (χ4n) is 1.19. The summed E-state index contributed by atoms with van der Waals surface area (Å²) >= 11 is 8.95. The predicted octanol–water partition coefficient (Wildman–Crippen LogP) is 3.00. The van der Waals surface area contributed by atoms with Crippen molar-refractivity contribution in [1.29, 1.82) is 0 Å². The molecule has 97 valence electrons. The van der Waals surface area contributed by atoms with Crippen molar-refractivity contribution in [3.05, 3.63) is 10.1 Å². The SMILES string of the molecule is N[C@@H]1CCCC[C@H]1N.O=N[O-].[Br][Pt]([Br])[Br]. The second kappa shape index (κ2) is 13.5. The molecule has 0 unspecified atom stereocenters. The Morgan fingerprint density at radius 3 is 1.47 bits per heavy atom. The van der Waals surface area contributed by atoms with Crippen LogP contribution in [-0.2, 0) is 11.1 Å². The summed E-state index contributed by atoms with van der Waals surface area (Å²) in [5, 5.41) is 9.00. The van der Waals surface area contributed by atoms with Crippen LogP contribution in [0.5, 0.6) is 0 Å². The van der Waals surface area contributed by atoms with Gasteiger partial charge in [0.05, 0.1) is 0 Å². The maximum atomic E-state index is 8.00. The number of nitrogens with zero attached hydrogens (tertiary/aromatic N) is 1. The van der Waals surface area contributed by atoms with Gasteiger partial charge in [0.25, 0.3) is 0 Å². The molecule has 1 fully saturated rings. The topological polar surface area (TPSA) is 105 Å². The number of hydrogen-bond acceptors (Lipinski definition) is 5. The van der Waals surface area contributed by atoms with Crippen LogP contribution in [0.25, 0.3) is 0 Å². The van der Waals surface area contributed by atoms with Crippen LogP contribution in [0.1, 0.15) is 25.7 Å². The van der Waals surface area contributed by atoms with Crippen molar-refractivity contribution >= 4 is 39.9 Å². The van der Waals surface area contributed by atoms with E-state index in [4.69, 9.17) is 21.6 Å². The summed E-state index contributed by atoms with van der Waals surface area (Å²) in [6, 6.07) is 0.562. The van der Waals surface area contributed by atoms with Crippen LogP contribution in [0.4, 0.5) is 0 Å². The third-order valence-corrected chi connectivity index (χ3v) is 1.87. The van der Waals surface area contributed by atoms with E-state index < -0.39 is 11.1 Å². The van der Waals surface area contributed by atoms with Crippen LogP contribution in [0.15, 0.2) is 5.34 Å². The molecule has 9 heteroatoms. The molecule has 0 bridgehead atoms. The number of hydrogen-bond donors (Lipinski definition) is 2. The van der Waals surface area contributed by atoms with Gasteiger partial charge in [-0.2, -0.15) is 0 Å². The summed E-state index contributed by atoms with van der Waals surface area (Å²) in [6.07, 6.45) is 4.80. The van der Waals surface area contributed by atoms with E-state index in [2.05, 4.69) is 39.9 Å². The standard InChI is InChI=1S/C6H14N2.3BrH.HNO2.Pt/c7-5-3-1-2-4-6(5)8;;;;2-1-3;/h5-6H,1-4,7-8H2;3*1H;(H,2,3);/q;;;;;+3/p-4/t5-,6-;;;;;/m1...../s1. The normalized spacial score (nSPS) is 25.0. The van der Waals surface area contributed by atoms with Gasteiger partial charge in [0.1, 0.15) is 0 Å². The zero-order valence-electron chi connectivity index (χ0n) is 7.85. The molecule has 0 heterocycles. The van der Waals surface area contributed by atoms with Gasteiger partial charge in [0.15, 0.2) is 0 Å². The minimum absolute atomic E-state index is 0.281. The maximum absolute atomic E-state index is 8.00. The second-order valence-corrected chi connectivity index (χ2v) is 32.6. The van der Waals surface area contributed by atoms with Crippen LogP contribution in [-0.4, -0.2) is 12.1 Å². The van der Waals surface area contributed by atoms with E-state index in [9.17, 15) is 0 Å². The molecule has 0 aliphatic heterocycles. The van der Waals surface area contributed by atoms with E-state index >= 15 is 0 Å². The second-order valence-electron chi connectivity index (χ2n) is 2.82.